The second kappa shape index (κ2) is 11.3. The molecule has 0 unspecified atom stereocenters. The molecule has 5 heteroatoms. The maximum Gasteiger partial charge on any atom is 0.133 e. The van der Waals surface area contributed by atoms with E-state index in [0.29, 0.717) is 6.61 Å². The Bertz CT molecular complexity index is 385. The Labute approximate surface area is 128 Å². The summed E-state index contributed by atoms with van der Waals surface area (Å²) in [7, 11) is 0. The molecule has 0 spiro atoms. The van der Waals surface area contributed by atoms with Crippen molar-refractivity contribution >= 4 is 11.6 Å². The summed E-state index contributed by atoms with van der Waals surface area (Å²) in [6.07, 6.45) is 7.28. The maximum atomic E-state index is 8.74. The van der Waals surface area contributed by atoms with Crippen molar-refractivity contribution in [3.05, 3.63) is 11.9 Å². The molecule has 0 atom stereocenters. The van der Waals surface area contributed by atoms with Gasteiger partial charge in [-0.3, -0.25) is 0 Å². The van der Waals surface area contributed by atoms with E-state index in [-0.39, 0.29) is 0 Å². The van der Waals surface area contributed by atoms with Crippen molar-refractivity contribution in [2.45, 2.75) is 58.8 Å². The van der Waals surface area contributed by atoms with Crippen molar-refractivity contribution in [3.63, 3.8) is 0 Å². The highest BCUT2D eigenvalue weighted by Crippen LogP contribution is 2.13. The minimum atomic E-state index is 0.298. The molecule has 0 aliphatic rings. The van der Waals surface area contributed by atoms with Gasteiger partial charge in [0.05, 0.1) is 0 Å². The van der Waals surface area contributed by atoms with Crippen LogP contribution in [0.15, 0.2) is 6.07 Å². The number of hydrogen-bond acceptors (Lipinski definition) is 5. The maximum absolute atomic E-state index is 8.74. The van der Waals surface area contributed by atoms with Crippen molar-refractivity contribution in [2.75, 3.05) is 30.3 Å². The minimum absolute atomic E-state index is 0.298. The first-order valence-corrected chi connectivity index (χ1v) is 8.26. The first-order chi connectivity index (χ1) is 10.3. The van der Waals surface area contributed by atoms with E-state index < -0.39 is 0 Å². The molecular weight excluding hydrogens is 264 g/mol. The summed E-state index contributed by atoms with van der Waals surface area (Å²) in [5.41, 5.74) is 0. The standard InChI is InChI=1S/C16H30N4O/c1-3-9-14-19-15(17-10-4-2)13-16(20-14)18-11-7-5-6-8-12-21/h13,21H,3-12H2,1-2H3,(H2,17,18,19,20). The molecule has 0 saturated carbocycles. The molecule has 5 nitrogen and oxygen atoms in total. The van der Waals surface area contributed by atoms with Crippen LogP contribution in [0.4, 0.5) is 11.6 Å². The van der Waals surface area contributed by atoms with Crippen molar-refractivity contribution in [3.8, 4) is 0 Å². The van der Waals surface area contributed by atoms with Crippen LogP contribution in [0.25, 0.3) is 0 Å². The third kappa shape index (κ3) is 7.85. The van der Waals surface area contributed by atoms with Crippen molar-refractivity contribution in [1.29, 1.82) is 0 Å². The van der Waals surface area contributed by atoms with Crippen LogP contribution in [0.1, 0.15) is 58.2 Å². The quantitative estimate of drug-likeness (QED) is 0.516. The van der Waals surface area contributed by atoms with Gasteiger partial charge in [0, 0.05) is 32.2 Å². The van der Waals surface area contributed by atoms with Gasteiger partial charge in [-0.15, -0.1) is 0 Å². The third-order valence-corrected chi connectivity index (χ3v) is 3.19. The molecule has 1 heterocycles. The number of rotatable bonds is 12. The van der Waals surface area contributed by atoms with Gasteiger partial charge in [0.2, 0.25) is 0 Å². The first-order valence-electron chi connectivity index (χ1n) is 8.26. The van der Waals surface area contributed by atoms with Gasteiger partial charge in [-0.1, -0.05) is 26.7 Å². The van der Waals surface area contributed by atoms with Crippen LogP contribution in [0.3, 0.4) is 0 Å². The Kier molecular flexibility index (Phi) is 9.53. The Morgan fingerprint density at radius 1 is 0.905 bits per heavy atom. The fourth-order valence-electron chi connectivity index (χ4n) is 2.07. The van der Waals surface area contributed by atoms with E-state index in [1.165, 1.54) is 0 Å². The van der Waals surface area contributed by atoms with Crippen LogP contribution in [-0.4, -0.2) is 34.8 Å². The van der Waals surface area contributed by atoms with Crippen molar-refractivity contribution in [2.24, 2.45) is 0 Å². The molecule has 1 rings (SSSR count). The summed E-state index contributed by atoms with van der Waals surface area (Å²) < 4.78 is 0. The average molecular weight is 294 g/mol. The fourth-order valence-corrected chi connectivity index (χ4v) is 2.07. The molecule has 0 aliphatic heterocycles. The zero-order chi connectivity index (χ0) is 15.3. The summed E-state index contributed by atoms with van der Waals surface area (Å²) in [6.45, 7) is 6.44. The van der Waals surface area contributed by atoms with Crippen LogP contribution in [0.5, 0.6) is 0 Å². The molecule has 0 saturated heterocycles. The smallest absolute Gasteiger partial charge is 0.133 e. The number of aliphatic hydroxyl groups is 1. The predicted molar refractivity (Wildman–Crippen MR) is 88.9 cm³/mol. The van der Waals surface area contributed by atoms with Gasteiger partial charge in [-0.25, -0.2) is 9.97 Å². The lowest BCUT2D eigenvalue weighted by molar-refractivity contribution is 0.283. The van der Waals surface area contributed by atoms with E-state index in [1.54, 1.807) is 0 Å². The number of hydrogen-bond donors (Lipinski definition) is 3. The molecule has 0 aliphatic carbocycles. The lowest BCUT2D eigenvalue weighted by Crippen LogP contribution is -2.09. The third-order valence-electron chi connectivity index (χ3n) is 3.19. The average Bonchev–Trinajstić information content (AvgIpc) is 2.49. The highest BCUT2D eigenvalue weighted by Gasteiger charge is 2.03. The number of nitrogens with zero attached hydrogens (tertiary/aromatic N) is 2. The molecule has 0 radical (unpaired) electrons. The van der Waals surface area contributed by atoms with E-state index in [9.17, 15) is 0 Å². The number of unbranched alkanes of at least 4 members (excludes halogenated alkanes) is 3. The highest BCUT2D eigenvalue weighted by molar-refractivity contribution is 5.47. The molecule has 0 aromatic carbocycles. The van der Waals surface area contributed by atoms with Gasteiger partial charge in [0.25, 0.3) is 0 Å². The summed E-state index contributed by atoms with van der Waals surface area (Å²) in [4.78, 5) is 9.10. The van der Waals surface area contributed by atoms with E-state index in [0.717, 1.165) is 75.5 Å². The molecule has 3 N–H and O–H groups in total. The number of anilines is 2. The Balaban J connectivity index is 2.48. The van der Waals surface area contributed by atoms with Crippen molar-refractivity contribution in [1.82, 2.24) is 9.97 Å². The molecule has 1 aromatic heterocycles. The first kappa shape index (κ1) is 17.7. The number of aliphatic hydroxyl groups excluding tert-OH is 1. The van der Waals surface area contributed by atoms with Crippen molar-refractivity contribution < 1.29 is 5.11 Å². The topological polar surface area (TPSA) is 70.1 Å². The molecule has 21 heavy (non-hydrogen) atoms. The zero-order valence-corrected chi connectivity index (χ0v) is 13.5. The van der Waals surface area contributed by atoms with E-state index in [4.69, 9.17) is 5.11 Å². The van der Waals surface area contributed by atoms with Crippen LogP contribution >= 0.6 is 0 Å². The lowest BCUT2D eigenvalue weighted by atomic mass is 10.2. The normalized spacial score (nSPS) is 10.6. The zero-order valence-electron chi connectivity index (χ0n) is 13.5. The number of nitrogens with one attached hydrogen (secondary N) is 2. The van der Waals surface area contributed by atoms with Gasteiger partial charge in [-0.2, -0.15) is 0 Å². The Morgan fingerprint density at radius 3 is 2.19 bits per heavy atom. The lowest BCUT2D eigenvalue weighted by Gasteiger charge is -2.11. The predicted octanol–water partition coefficient (Wildman–Crippen LogP) is 3.22. The summed E-state index contributed by atoms with van der Waals surface area (Å²) in [5.74, 6) is 2.73. The summed E-state index contributed by atoms with van der Waals surface area (Å²) >= 11 is 0. The highest BCUT2D eigenvalue weighted by atomic mass is 16.2. The minimum Gasteiger partial charge on any atom is -0.396 e. The second-order valence-corrected chi connectivity index (χ2v) is 5.30. The van der Waals surface area contributed by atoms with E-state index in [2.05, 4.69) is 34.4 Å². The van der Waals surface area contributed by atoms with Crippen LogP contribution in [0.2, 0.25) is 0 Å². The SMILES string of the molecule is CCCNc1cc(NCCCCCCO)nc(CCC)n1. The summed E-state index contributed by atoms with van der Waals surface area (Å²) in [5, 5.41) is 15.5. The Morgan fingerprint density at radius 2 is 1.57 bits per heavy atom. The molecule has 0 bridgehead atoms. The van der Waals surface area contributed by atoms with Gasteiger partial charge >= 0.3 is 0 Å². The largest absolute Gasteiger partial charge is 0.396 e. The van der Waals surface area contributed by atoms with E-state index in [1.807, 2.05) is 6.07 Å². The van der Waals surface area contributed by atoms with Gasteiger partial charge < -0.3 is 15.7 Å². The van der Waals surface area contributed by atoms with Crippen LogP contribution < -0.4 is 10.6 Å². The molecule has 0 amide bonds. The monoisotopic (exact) mass is 294 g/mol. The number of aromatic nitrogens is 2. The molecule has 120 valence electrons. The molecular formula is C16H30N4O. The fraction of sp³-hybridized carbons (Fsp3) is 0.750. The Hall–Kier alpha value is -1.36. The van der Waals surface area contributed by atoms with Crippen LogP contribution in [0, 0.1) is 0 Å². The van der Waals surface area contributed by atoms with Gasteiger partial charge in [0.15, 0.2) is 0 Å². The number of aryl methyl sites for hydroxylation is 1. The van der Waals surface area contributed by atoms with Gasteiger partial charge in [-0.05, 0) is 25.7 Å². The van der Waals surface area contributed by atoms with E-state index >= 15 is 0 Å². The molecule has 1 aromatic rings. The van der Waals surface area contributed by atoms with Crippen LogP contribution in [-0.2, 0) is 6.42 Å². The summed E-state index contributed by atoms with van der Waals surface area (Å²) in [6, 6.07) is 1.99. The van der Waals surface area contributed by atoms with Gasteiger partial charge in [0.1, 0.15) is 17.5 Å². The second-order valence-electron chi connectivity index (χ2n) is 5.30. The molecule has 0 fully saturated rings.